The molecule has 19 heavy (non-hydrogen) atoms. The first kappa shape index (κ1) is 14.0. The summed E-state index contributed by atoms with van der Waals surface area (Å²) in [5, 5.41) is 12.9. The Bertz CT molecular complexity index is 456. The van der Waals surface area contributed by atoms with Gasteiger partial charge in [-0.25, -0.2) is 0 Å². The van der Waals surface area contributed by atoms with Gasteiger partial charge in [0.2, 0.25) is 0 Å². The molecule has 100 valence electrons. The Kier molecular flexibility index (Phi) is 4.56. The molecule has 0 fully saturated rings. The highest BCUT2D eigenvalue weighted by atomic mass is 28.3. The average Bonchev–Trinajstić information content (AvgIpc) is 2.48. The number of rotatable bonds is 5. The second kappa shape index (κ2) is 6.18. The van der Waals surface area contributed by atoms with Crippen molar-refractivity contribution in [3.05, 3.63) is 60.7 Å². The van der Waals surface area contributed by atoms with E-state index in [9.17, 15) is 5.11 Å². The second-order valence-corrected chi connectivity index (χ2v) is 9.56. The predicted octanol–water partition coefficient (Wildman–Crippen LogP) is 2.65. The highest BCUT2D eigenvalue weighted by Gasteiger charge is 2.33. The van der Waals surface area contributed by atoms with Crippen LogP contribution in [-0.4, -0.2) is 19.3 Å². The van der Waals surface area contributed by atoms with Crippen LogP contribution >= 0.6 is 0 Å². The summed E-state index contributed by atoms with van der Waals surface area (Å²) in [4.78, 5) is 0. The lowest BCUT2D eigenvalue weighted by molar-refractivity contribution is 0.189. The van der Waals surface area contributed by atoms with Gasteiger partial charge in [-0.1, -0.05) is 84.5 Å². The lowest BCUT2D eigenvalue weighted by Gasteiger charge is -2.30. The molecule has 2 rings (SSSR count). The van der Waals surface area contributed by atoms with Crippen molar-refractivity contribution in [3.8, 4) is 0 Å². The maximum atomic E-state index is 10.2. The highest BCUT2D eigenvalue weighted by molar-refractivity contribution is 7.01. The first-order valence-electron chi connectivity index (χ1n) is 6.96. The Morgan fingerprint density at radius 1 is 0.895 bits per heavy atom. The Hall–Kier alpha value is -1.38. The standard InChI is InChI=1S/C17H22OSi/c1-3-15(18)14-19(2,16-10-6-4-7-11-16)17-12-8-5-9-13-17/h4-13,15,18H,3,14H2,1-2H3. The quantitative estimate of drug-likeness (QED) is 0.828. The van der Waals surface area contributed by atoms with E-state index in [2.05, 4.69) is 74.1 Å². The SMILES string of the molecule is CCC(O)C[Si](C)(c1ccccc1)c1ccccc1. The summed E-state index contributed by atoms with van der Waals surface area (Å²) in [6, 6.07) is 22.2. The van der Waals surface area contributed by atoms with Gasteiger partial charge in [0.25, 0.3) is 0 Å². The van der Waals surface area contributed by atoms with E-state index < -0.39 is 8.07 Å². The molecule has 1 atom stereocenters. The molecule has 0 radical (unpaired) electrons. The molecule has 0 aromatic heterocycles. The molecule has 2 heteroatoms. The molecule has 0 spiro atoms. The zero-order valence-corrected chi connectivity index (χ0v) is 12.7. The summed E-state index contributed by atoms with van der Waals surface area (Å²) >= 11 is 0. The van der Waals surface area contributed by atoms with Crippen molar-refractivity contribution in [1.29, 1.82) is 0 Å². The number of hydrogen-bond acceptors (Lipinski definition) is 1. The van der Waals surface area contributed by atoms with Gasteiger partial charge in [0.1, 0.15) is 8.07 Å². The Balaban J connectivity index is 2.44. The summed E-state index contributed by atoms with van der Waals surface area (Å²) < 4.78 is 0. The monoisotopic (exact) mass is 270 g/mol. The minimum atomic E-state index is -1.84. The molecule has 0 heterocycles. The van der Waals surface area contributed by atoms with Gasteiger partial charge in [-0.05, 0) is 12.5 Å². The van der Waals surface area contributed by atoms with E-state index in [4.69, 9.17) is 0 Å². The van der Waals surface area contributed by atoms with Gasteiger partial charge in [0, 0.05) is 0 Å². The Morgan fingerprint density at radius 2 is 1.32 bits per heavy atom. The van der Waals surface area contributed by atoms with Crippen LogP contribution in [0.25, 0.3) is 0 Å². The van der Waals surface area contributed by atoms with Crippen LogP contribution in [0.3, 0.4) is 0 Å². The van der Waals surface area contributed by atoms with Crippen molar-refractivity contribution in [2.45, 2.75) is 32.0 Å². The van der Waals surface area contributed by atoms with Crippen LogP contribution < -0.4 is 10.4 Å². The van der Waals surface area contributed by atoms with E-state index >= 15 is 0 Å². The number of aliphatic hydroxyl groups excluding tert-OH is 1. The van der Waals surface area contributed by atoms with Crippen LogP contribution in [0.2, 0.25) is 12.6 Å². The van der Waals surface area contributed by atoms with Crippen molar-refractivity contribution in [2.24, 2.45) is 0 Å². The molecular weight excluding hydrogens is 248 g/mol. The zero-order chi connectivity index (χ0) is 13.7. The fourth-order valence-corrected chi connectivity index (χ4v) is 6.52. The van der Waals surface area contributed by atoms with Crippen molar-refractivity contribution in [2.75, 3.05) is 0 Å². The third kappa shape index (κ3) is 3.14. The molecule has 0 aliphatic carbocycles. The molecule has 0 saturated carbocycles. The average molecular weight is 270 g/mol. The van der Waals surface area contributed by atoms with Gasteiger partial charge in [-0.3, -0.25) is 0 Å². The van der Waals surface area contributed by atoms with Crippen LogP contribution in [0.1, 0.15) is 13.3 Å². The van der Waals surface area contributed by atoms with Crippen molar-refractivity contribution in [3.63, 3.8) is 0 Å². The minimum absolute atomic E-state index is 0.211. The van der Waals surface area contributed by atoms with Crippen LogP contribution in [-0.2, 0) is 0 Å². The molecule has 0 aliphatic heterocycles. The second-order valence-electron chi connectivity index (χ2n) is 5.33. The molecule has 1 N–H and O–H groups in total. The Morgan fingerprint density at radius 3 is 1.68 bits per heavy atom. The molecule has 0 aliphatic rings. The third-order valence-corrected chi connectivity index (χ3v) is 8.44. The van der Waals surface area contributed by atoms with Crippen LogP contribution in [0, 0.1) is 0 Å². The van der Waals surface area contributed by atoms with Crippen LogP contribution in [0.4, 0.5) is 0 Å². The van der Waals surface area contributed by atoms with E-state index in [-0.39, 0.29) is 6.10 Å². The maximum absolute atomic E-state index is 10.2. The van der Waals surface area contributed by atoms with Crippen LogP contribution in [0.15, 0.2) is 60.7 Å². The predicted molar refractivity (Wildman–Crippen MR) is 84.9 cm³/mol. The minimum Gasteiger partial charge on any atom is -0.393 e. The van der Waals surface area contributed by atoms with Gasteiger partial charge in [-0.2, -0.15) is 0 Å². The highest BCUT2D eigenvalue weighted by Crippen LogP contribution is 2.15. The fraction of sp³-hybridized carbons (Fsp3) is 0.294. The van der Waals surface area contributed by atoms with Crippen LogP contribution in [0.5, 0.6) is 0 Å². The number of hydrogen-bond donors (Lipinski definition) is 1. The lowest BCUT2D eigenvalue weighted by atomic mass is 10.3. The van der Waals surface area contributed by atoms with E-state index in [1.165, 1.54) is 10.4 Å². The summed E-state index contributed by atoms with van der Waals surface area (Å²) in [5.41, 5.74) is 0. The largest absolute Gasteiger partial charge is 0.393 e. The molecule has 2 aromatic carbocycles. The van der Waals surface area contributed by atoms with Crippen molar-refractivity contribution < 1.29 is 5.11 Å². The normalized spacial score (nSPS) is 13.2. The summed E-state index contributed by atoms with van der Waals surface area (Å²) in [6.07, 6.45) is 0.611. The van der Waals surface area contributed by atoms with Gasteiger partial charge in [0.05, 0.1) is 6.10 Å². The molecule has 2 aromatic rings. The van der Waals surface area contributed by atoms with E-state index in [0.717, 1.165) is 12.5 Å². The molecule has 0 bridgehead atoms. The summed E-state index contributed by atoms with van der Waals surface area (Å²) in [5.74, 6) is 0. The smallest absolute Gasteiger partial charge is 0.117 e. The van der Waals surface area contributed by atoms with E-state index in [1.807, 2.05) is 0 Å². The topological polar surface area (TPSA) is 20.2 Å². The van der Waals surface area contributed by atoms with Gasteiger partial charge < -0.3 is 5.11 Å². The van der Waals surface area contributed by atoms with Gasteiger partial charge >= 0.3 is 0 Å². The number of benzene rings is 2. The van der Waals surface area contributed by atoms with E-state index in [1.54, 1.807) is 0 Å². The molecule has 1 nitrogen and oxygen atoms in total. The van der Waals surface area contributed by atoms with Gasteiger partial charge in [-0.15, -0.1) is 0 Å². The lowest BCUT2D eigenvalue weighted by Crippen LogP contribution is -2.57. The zero-order valence-electron chi connectivity index (χ0n) is 11.7. The molecule has 0 saturated heterocycles. The van der Waals surface area contributed by atoms with Gasteiger partial charge in [0.15, 0.2) is 0 Å². The first-order chi connectivity index (χ1) is 9.16. The number of aliphatic hydroxyl groups is 1. The fourth-order valence-electron chi connectivity index (χ4n) is 2.63. The Labute approximate surface area is 116 Å². The van der Waals surface area contributed by atoms with Crippen molar-refractivity contribution >= 4 is 18.4 Å². The molecular formula is C17H22OSi. The first-order valence-corrected chi connectivity index (χ1v) is 9.66. The third-order valence-electron chi connectivity index (χ3n) is 3.94. The maximum Gasteiger partial charge on any atom is 0.117 e. The van der Waals surface area contributed by atoms with Crippen molar-refractivity contribution in [1.82, 2.24) is 0 Å². The summed E-state index contributed by atoms with van der Waals surface area (Å²) in [7, 11) is -1.84. The summed E-state index contributed by atoms with van der Waals surface area (Å²) in [6.45, 7) is 4.41. The van der Waals surface area contributed by atoms with E-state index in [0.29, 0.717) is 0 Å². The molecule has 0 amide bonds. The molecule has 1 unspecified atom stereocenters.